The number of pyridine rings is 1. The zero-order valence-corrected chi connectivity index (χ0v) is 11.8. The van der Waals surface area contributed by atoms with E-state index >= 15 is 0 Å². The van der Waals surface area contributed by atoms with Gasteiger partial charge in [-0.1, -0.05) is 6.07 Å². The first-order valence-corrected chi connectivity index (χ1v) is 7.00. The number of aromatic nitrogens is 1. The van der Waals surface area contributed by atoms with E-state index in [9.17, 15) is 0 Å². The molecule has 18 heavy (non-hydrogen) atoms. The van der Waals surface area contributed by atoms with Gasteiger partial charge >= 0.3 is 0 Å². The molecule has 0 atom stereocenters. The van der Waals surface area contributed by atoms with Gasteiger partial charge in [0.25, 0.3) is 0 Å². The summed E-state index contributed by atoms with van der Waals surface area (Å²) in [5.41, 5.74) is 7.84. The first kappa shape index (κ1) is 12.9. The van der Waals surface area contributed by atoms with Crippen molar-refractivity contribution in [1.29, 1.82) is 5.26 Å². The van der Waals surface area contributed by atoms with Crippen molar-refractivity contribution in [1.82, 2.24) is 4.98 Å². The predicted molar refractivity (Wildman–Crippen MR) is 77.1 cm³/mol. The number of nitrogen functional groups attached to an aromatic ring is 1. The highest BCUT2D eigenvalue weighted by atomic mass is 79.9. The van der Waals surface area contributed by atoms with Crippen LogP contribution < -0.4 is 5.73 Å². The Morgan fingerprint density at radius 2 is 2.22 bits per heavy atom. The molecule has 0 aliphatic heterocycles. The van der Waals surface area contributed by atoms with E-state index in [1.165, 1.54) is 0 Å². The van der Waals surface area contributed by atoms with Gasteiger partial charge in [0, 0.05) is 27.0 Å². The highest BCUT2D eigenvalue weighted by molar-refractivity contribution is 9.10. The fourth-order valence-electron chi connectivity index (χ4n) is 1.45. The maximum Gasteiger partial charge on any atom is 0.144 e. The first-order valence-electron chi connectivity index (χ1n) is 5.22. The van der Waals surface area contributed by atoms with E-state index in [0.29, 0.717) is 11.4 Å². The standard InChI is InChI=1S/C13H10BrN3S/c14-11-6-10(16)3-4-13(11)18-8-9-2-1-5-17-12(9)7-15/h1-6H,8,16H2. The summed E-state index contributed by atoms with van der Waals surface area (Å²) in [5, 5.41) is 8.96. The summed E-state index contributed by atoms with van der Waals surface area (Å²) in [6.07, 6.45) is 1.63. The van der Waals surface area contributed by atoms with Crippen molar-refractivity contribution in [2.24, 2.45) is 0 Å². The summed E-state index contributed by atoms with van der Waals surface area (Å²) in [4.78, 5) is 5.13. The van der Waals surface area contributed by atoms with Gasteiger partial charge in [-0.2, -0.15) is 5.26 Å². The highest BCUT2D eigenvalue weighted by Gasteiger charge is 2.05. The van der Waals surface area contributed by atoms with Crippen molar-refractivity contribution in [2.45, 2.75) is 10.6 Å². The fraction of sp³-hybridized carbons (Fsp3) is 0.0769. The predicted octanol–water partition coefficient (Wildman–Crippen LogP) is 3.59. The number of nitriles is 1. The molecule has 2 rings (SSSR count). The summed E-state index contributed by atoms with van der Waals surface area (Å²) in [5.74, 6) is 0.708. The Labute approximate surface area is 118 Å². The molecule has 0 spiro atoms. The van der Waals surface area contributed by atoms with E-state index in [4.69, 9.17) is 11.0 Å². The minimum Gasteiger partial charge on any atom is -0.399 e. The van der Waals surface area contributed by atoms with Crippen LogP contribution in [0.25, 0.3) is 0 Å². The number of nitrogens with two attached hydrogens (primary N) is 1. The molecule has 0 amide bonds. The van der Waals surface area contributed by atoms with Gasteiger partial charge in [-0.25, -0.2) is 4.98 Å². The van der Waals surface area contributed by atoms with Crippen molar-refractivity contribution in [3.05, 3.63) is 52.3 Å². The lowest BCUT2D eigenvalue weighted by Gasteiger charge is -2.06. The van der Waals surface area contributed by atoms with Crippen LogP contribution in [0.4, 0.5) is 5.69 Å². The second-order valence-corrected chi connectivity index (χ2v) is 5.47. The zero-order chi connectivity index (χ0) is 13.0. The lowest BCUT2D eigenvalue weighted by Crippen LogP contribution is -1.91. The topological polar surface area (TPSA) is 62.7 Å². The molecular formula is C13H10BrN3S. The molecule has 0 aliphatic carbocycles. The number of thioether (sulfide) groups is 1. The molecule has 1 aromatic carbocycles. The molecule has 0 saturated heterocycles. The number of nitrogens with zero attached hydrogens (tertiary/aromatic N) is 2. The van der Waals surface area contributed by atoms with E-state index in [1.807, 2.05) is 30.3 Å². The normalized spacial score (nSPS) is 10.0. The lowest BCUT2D eigenvalue weighted by molar-refractivity contribution is 1.19. The van der Waals surface area contributed by atoms with Gasteiger partial charge in [0.1, 0.15) is 11.8 Å². The van der Waals surface area contributed by atoms with Crippen LogP contribution in [0.1, 0.15) is 11.3 Å². The monoisotopic (exact) mass is 319 g/mol. The van der Waals surface area contributed by atoms with Crippen LogP contribution >= 0.6 is 27.7 Å². The summed E-state index contributed by atoms with van der Waals surface area (Å²) < 4.78 is 0.967. The zero-order valence-electron chi connectivity index (χ0n) is 9.43. The molecule has 0 bridgehead atoms. The van der Waals surface area contributed by atoms with E-state index in [1.54, 1.807) is 18.0 Å². The third-order valence-electron chi connectivity index (χ3n) is 2.34. The first-order chi connectivity index (χ1) is 8.70. The maximum absolute atomic E-state index is 8.96. The van der Waals surface area contributed by atoms with Gasteiger partial charge in [0.05, 0.1) is 0 Å². The molecule has 0 saturated carbocycles. The molecule has 90 valence electrons. The molecule has 0 fully saturated rings. The van der Waals surface area contributed by atoms with Crippen LogP contribution in [0, 0.1) is 11.3 Å². The molecule has 0 unspecified atom stereocenters. The molecule has 1 heterocycles. The Balaban J connectivity index is 2.14. The second-order valence-electron chi connectivity index (χ2n) is 3.60. The molecule has 0 aliphatic rings. The quantitative estimate of drug-likeness (QED) is 0.693. The molecule has 0 radical (unpaired) electrons. The van der Waals surface area contributed by atoms with Crippen molar-refractivity contribution in [3.8, 4) is 6.07 Å². The van der Waals surface area contributed by atoms with E-state index in [0.717, 1.165) is 20.6 Å². The molecule has 3 nitrogen and oxygen atoms in total. The minimum absolute atomic E-state index is 0.483. The average molecular weight is 320 g/mol. The fourth-order valence-corrected chi connectivity index (χ4v) is 3.09. The van der Waals surface area contributed by atoms with Gasteiger partial charge in [-0.15, -0.1) is 11.8 Å². The van der Waals surface area contributed by atoms with Gasteiger partial charge in [0.2, 0.25) is 0 Å². The average Bonchev–Trinajstić information content (AvgIpc) is 2.38. The molecule has 1 aromatic heterocycles. The maximum atomic E-state index is 8.96. The van der Waals surface area contributed by atoms with Gasteiger partial charge in [-0.3, -0.25) is 0 Å². The Kier molecular flexibility index (Phi) is 4.24. The Morgan fingerprint density at radius 1 is 1.39 bits per heavy atom. The van der Waals surface area contributed by atoms with Crippen LogP contribution in [-0.4, -0.2) is 4.98 Å². The Bertz CT molecular complexity index is 607. The van der Waals surface area contributed by atoms with Gasteiger partial charge in [-0.05, 0) is 45.8 Å². The van der Waals surface area contributed by atoms with Crippen LogP contribution in [0.2, 0.25) is 0 Å². The third-order valence-corrected chi connectivity index (χ3v) is 4.38. The molecule has 2 N–H and O–H groups in total. The molecule has 2 aromatic rings. The Hall–Kier alpha value is -1.51. The van der Waals surface area contributed by atoms with Gasteiger partial charge < -0.3 is 5.73 Å². The third kappa shape index (κ3) is 3.03. The minimum atomic E-state index is 0.483. The van der Waals surface area contributed by atoms with Crippen molar-refractivity contribution >= 4 is 33.4 Å². The number of hydrogen-bond donors (Lipinski definition) is 1. The number of rotatable bonds is 3. The van der Waals surface area contributed by atoms with Crippen LogP contribution in [0.5, 0.6) is 0 Å². The summed E-state index contributed by atoms with van der Waals surface area (Å²) >= 11 is 5.12. The van der Waals surface area contributed by atoms with Crippen molar-refractivity contribution in [3.63, 3.8) is 0 Å². The highest BCUT2D eigenvalue weighted by Crippen LogP contribution is 2.31. The SMILES string of the molecule is N#Cc1ncccc1CSc1ccc(N)cc1Br. The van der Waals surface area contributed by atoms with Crippen LogP contribution in [0.3, 0.4) is 0 Å². The number of benzene rings is 1. The summed E-state index contributed by atoms with van der Waals surface area (Å²) in [6, 6.07) is 11.6. The van der Waals surface area contributed by atoms with Gasteiger partial charge in [0.15, 0.2) is 0 Å². The van der Waals surface area contributed by atoms with Crippen LogP contribution in [0.15, 0.2) is 45.9 Å². The summed E-state index contributed by atoms with van der Waals surface area (Å²) in [7, 11) is 0. The number of halogens is 1. The molecule has 5 heteroatoms. The second kappa shape index (κ2) is 5.89. The van der Waals surface area contributed by atoms with Crippen LogP contribution in [-0.2, 0) is 5.75 Å². The van der Waals surface area contributed by atoms with E-state index in [2.05, 4.69) is 27.0 Å². The summed E-state index contributed by atoms with van der Waals surface area (Å²) in [6.45, 7) is 0. The smallest absolute Gasteiger partial charge is 0.144 e. The lowest BCUT2D eigenvalue weighted by atomic mass is 10.2. The van der Waals surface area contributed by atoms with Crippen molar-refractivity contribution in [2.75, 3.05) is 5.73 Å². The largest absolute Gasteiger partial charge is 0.399 e. The molecular weight excluding hydrogens is 310 g/mol. The number of hydrogen-bond acceptors (Lipinski definition) is 4. The number of anilines is 1. The van der Waals surface area contributed by atoms with Crippen molar-refractivity contribution < 1.29 is 0 Å². The Morgan fingerprint density at radius 3 is 2.94 bits per heavy atom. The van der Waals surface area contributed by atoms with E-state index < -0.39 is 0 Å². The van der Waals surface area contributed by atoms with E-state index in [-0.39, 0.29) is 0 Å².